The van der Waals surface area contributed by atoms with E-state index in [4.69, 9.17) is 24.1 Å². The minimum atomic E-state index is -4.73. The Labute approximate surface area is 249 Å². The van der Waals surface area contributed by atoms with Crippen LogP contribution in [0.5, 0.6) is 5.75 Å². The number of nitrogens with two attached hydrogens (primary N) is 1. The number of alkyl halides is 3. The van der Waals surface area contributed by atoms with Crippen molar-refractivity contribution in [2.75, 3.05) is 26.3 Å². The maximum atomic E-state index is 13.1. The van der Waals surface area contributed by atoms with E-state index in [1.54, 1.807) is 4.90 Å². The lowest BCUT2D eigenvalue weighted by molar-refractivity contribution is -0.180. The van der Waals surface area contributed by atoms with Crippen LogP contribution in [0.2, 0.25) is 0 Å². The van der Waals surface area contributed by atoms with E-state index in [1.165, 1.54) is 0 Å². The quantitative estimate of drug-likeness (QED) is 0.259. The molecule has 2 aromatic carbocycles. The summed E-state index contributed by atoms with van der Waals surface area (Å²) in [5, 5.41) is 4.99. The fourth-order valence-corrected chi connectivity index (χ4v) is 5.25. The number of nitrogens with zero attached hydrogens (tertiary/aromatic N) is 1. The van der Waals surface area contributed by atoms with Crippen LogP contribution in [-0.2, 0) is 37.0 Å². The van der Waals surface area contributed by atoms with E-state index in [0.29, 0.717) is 32.4 Å². The van der Waals surface area contributed by atoms with Crippen molar-refractivity contribution in [3.05, 3.63) is 58.7 Å². The van der Waals surface area contributed by atoms with Crippen molar-refractivity contribution in [3.63, 3.8) is 0 Å². The molecule has 1 fully saturated rings. The van der Waals surface area contributed by atoms with Crippen LogP contribution < -0.4 is 9.88 Å². The molecule has 234 valence electrons. The van der Waals surface area contributed by atoms with Crippen LogP contribution in [0.15, 0.2) is 41.3 Å². The molecule has 0 saturated carbocycles. The largest absolute Gasteiger partial charge is 0.463 e. The van der Waals surface area contributed by atoms with Gasteiger partial charge in [-0.1, -0.05) is 30.7 Å². The Kier molecular flexibility index (Phi) is 10.3. The molecule has 13 heteroatoms. The zero-order valence-electron chi connectivity index (χ0n) is 24.0. The molecule has 1 amide bonds. The number of cyclic esters (lactones) is 1. The number of primary sulfonamides is 1. The van der Waals surface area contributed by atoms with Gasteiger partial charge in [-0.25, -0.2) is 18.4 Å². The van der Waals surface area contributed by atoms with E-state index < -0.39 is 32.4 Å². The number of carbonyl (C=O) groups excluding carboxylic acids is 1. The molecule has 2 heterocycles. The van der Waals surface area contributed by atoms with Gasteiger partial charge in [-0.3, -0.25) is 0 Å². The molecule has 0 radical (unpaired) electrons. The first-order chi connectivity index (χ1) is 20.2. The number of hydrogen-bond donors (Lipinski definition) is 1. The predicted octanol–water partition coefficient (Wildman–Crippen LogP) is 5.51. The normalized spacial score (nSPS) is 18.0. The minimum absolute atomic E-state index is 0.0944. The Hall–Kier alpha value is -3.31. The zero-order valence-corrected chi connectivity index (χ0v) is 24.9. The number of carbonyl (C=O) groups is 1. The summed E-state index contributed by atoms with van der Waals surface area (Å²) in [6, 6.07) is 8.06. The van der Waals surface area contributed by atoms with Crippen LogP contribution in [0.4, 0.5) is 18.0 Å². The fraction of sp³-hybridized carbons (Fsp3) is 0.500. The van der Waals surface area contributed by atoms with Crippen LogP contribution in [0, 0.1) is 11.8 Å². The Morgan fingerprint density at radius 2 is 1.86 bits per heavy atom. The van der Waals surface area contributed by atoms with E-state index in [2.05, 4.69) is 11.8 Å². The van der Waals surface area contributed by atoms with Crippen LogP contribution in [0.1, 0.15) is 74.3 Å². The third-order valence-corrected chi connectivity index (χ3v) is 7.80. The Bertz CT molecular complexity index is 1480. The van der Waals surface area contributed by atoms with Gasteiger partial charge < -0.3 is 23.8 Å². The van der Waals surface area contributed by atoms with Gasteiger partial charge in [0.2, 0.25) is 15.8 Å². The van der Waals surface area contributed by atoms with Gasteiger partial charge in [0, 0.05) is 44.5 Å². The maximum absolute atomic E-state index is 13.1. The number of benzene rings is 2. The van der Waals surface area contributed by atoms with Gasteiger partial charge in [0.05, 0.1) is 30.2 Å². The van der Waals surface area contributed by atoms with Crippen molar-refractivity contribution in [2.45, 2.75) is 75.5 Å². The van der Waals surface area contributed by atoms with Crippen molar-refractivity contribution < 1.29 is 45.3 Å². The molecular weight excluding hydrogens is 589 g/mol. The molecule has 2 aliphatic rings. The van der Waals surface area contributed by atoms with E-state index in [-0.39, 0.29) is 30.8 Å². The number of sulfonamides is 1. The summed E-state index contributed by atoms with van der Waals surface area (Å²) in [6.07, 6.45) is -1.69. The topological polar surface area (TPSA) is 117 Å². The Morgan fingerprint density at radius 3 is 2.60 bits per heavy atom. The number of halogens is 3. The molecule has 43 heavy (non-hydrogen) atoms. The summed E-state index contributed by atoms with van der Waals surface area (Å²) in [5.74, 6) is 5.35. The minimum Gasteiger partial charge on any atom is -0.463 e. The molecule has 0 aromatic heterocycles. The van der Waals surface area contributed by atoms with Crippen LogP contribution in [0.25, 0.3) is 0 Å². The highest BCUT2D eigenvalue weighted by atomic mass is 32.2. The lowest BCUT2D eigenvalue weighted by Gasteiger charge is -2.32. The Morgan fingerprint density at radius 1 is 1.09 bits per heavy atom. The van der Waals surface area contributed by atoms with Crippen molar-refractivity contribution in [3.8, 4) is 17.6 Å². The molecule has 2 aliphatic heterocycles. The molecule has 0 unspecified atom stereocenters. The smallest absolute Gasteiger partial charge is 0.416 e. The van der Waals surface area contributed by atoms with Crippen LogP contribution in [-0.4, -0.2) is 51.5 Å². The van der Waals surface area contributed by atoms with E-state index in [9.17, 15) is 26.4 Å². The van der Waals surface area contributed by atoms with Crippen LogP contribution in [0.3, 0.4) is 0 Å². The average Bonchev–Trinajstić information content (AvgIpc) is 3.30. The first-order valence-electron chi connectivity index (χ1n) is 13.9. The monoisotopic (exact) mass is 624 g/mol. The highest BCUT2D eigenvalue weighted by Gasteiger charge is 2.34. The summed E-state index contributed by atoms with van der Waals surface area (Å²) in [5.41, 5.74) is 0.607. The number of amides is 1. The molecule has 0 aliphatic carbocycles. The fourth-order valence-electron chi connectivity index (χ4n) is 4.67. The zero-order chi connectivity index (χ0) is 31.3. The van der Waals surface area contributed by atoms with Crippen LogP contribution >= 0.6 is 0 Å². The molecular formula is C30H35F3N2O7S. The molecule has 1 saturated heterocycles. The lowest BCUT2D eigenvalue weighted by Crippen LogP contribution is -2.35. The third kappa shape index (κ3) is 9.34. The van der Waals surface area contributed by atoms with Crippen molar-refractivity contribution in [2.24, 2.45) is 5.14 Å². The number of hydrogen-bond acceptors (Lipinski definition) is 7. The average molecular weight is 625 g/mol. The van der Waals surface area contributed by atoms with Crippen molar-refractivity contribution >= 4 is 16.1 Å². The van der Waals surface area contributed by atoms with Gasteiger partial charge >= 0.3 is 12.3 Å². The first kappa shape index (κ1) is 32.6. The van der Waals surface area contributed by atoms with Gasteiger partial charge in [0.25, 0.3) is 0 Å². The molecule has 0 spiro atoms. The molecule has 2 N–H and O–H groups in total. The van der Waals surface area contributed by atoms with E-state index in [0.717, 1.165) is 54.7 Å². The molecule has 1 atom stereocenters. The summed E-state index contributed by atoms with van der Waals surface area (Å²) < 4.78 is 85.0. The van der Waals surface area contributed by atoms with Gasteiger partial charge in [-0.2, -0.15) is 13.2 Å². The lowest BCUT2D eigenvalue weighted by atomic mass is 10.0. The maximum Gasteiger partial charge on any atom is 0.416 e. The summed E-state index contributed by atoms with van der Waals surface area (Å²) >= 11 is 0. The molecule has 9 nitrogen and oxygen atoms in total. The van der Waals surface area contributed by atoms with E-state index in [1.807, 2.05) is 32.0 Å². The second-order valence-electron chi connectivity index (χ2n) is 10.8. The first-order valence-corrected chi connectivity index (χ1v) is 15.5. The SMILES string of the molecule is CC1(C)OCc2cc([C@@H]3CN(CCCCCCOCCC#Cc4cc(C(F)(F)F)cc(S(N)(=O)=O)c4)C(=O)O3)ccc2O1. The number of ether oxygens (including phenoxy) is 4. The van der Waals surface area contributed by atoms with Gasteiger partial charge in [-0.15, -0.1) is 0 Å². The molecule has 4 rings (SSSR count). The number of rotatable bonds is 11. The molecule has 2 aromatic rings. The van der Waals surface area contributed by atoms with Gasteiger partial charge in [0.1, 0.15) is 11.9 Å². The summed E-state index contributed by atoms with van der Waals surface area (Å²) in [4.78, 5) is 13.4. The standard InChI is InChI=1S/C30H35F3N2O7S/c1-29(2)40-20-23-17-22(10-11-26(23)42-29)27-19-35(28(36)41-27)12-6-3-4-7-13-39-14-8-5-9-21-15-24(30(31,32)33)18-25(16-21)43(34,37)38/h10-11,15-18,27H,3-4,6-8,12-14,19-20H2,1-2H3,(H2,34,37,38)/t27-/m0/s1. The van der Waals surface area contributed by atoms with Gasteiger partial charge in [0.15, 0.2) is 0 Å². The summed E-state index contributed by atoms with van der Waals surface area (Å²) in [7, 11) is -4.31. The van der Waals surface area contributed by atoms with E-state index >= 15 is 0 Å². The highest BCUT2D eigenvalue weighted by Crippen LogP contribution is 2.35. The van der Waals surface area contributed by atoms with Crippen molar-refractivity contribution in [1.82, 2.24) is 4.90 Å². The number of unbranched alkanes of at least 4 members (excludes halogenated alkanes) is 3. The predicted molar refractivity (Wildman–Crippen MR) is 150 cm³/mol. The highest BCUT2D eigenvalue weighted by molar-refractivity contribution is 7.89. The molecule has 0 bridgehead atoms. The third-order valence-electron chi connectivity index (χ3n) is 6.91. The second kappa shape index (κ2) is 13.5. The second-order valence-corrected chi connectivity index (χ2v) is 12.4. The Balaban J connectivity index is 1.11. The van der Waals surface area contributed by atoms with Crippen molar-refractivity contribution in [1.29, 1.82) is 0 Å². The number of fused-ring (bicyclic) bond motifs is 1. The summed E-state index contributed by atoms with van der Waals surface area (Å²) in [6.45, 7) is 6.02. The van der Waals surface area contributed by atoms with Gasteiger partial charge in [-0.05, 0) is 48.7 Å².